The first kappa shape index (κ1) is 10.0. The number of nitrogens with zero attached hydrogens (tertiary/aromatic N) is 1. The minimum Gasteiger partial charge on any atom is -0.282 e. The fraction of sp³-hybridized carbons (Fsp3) is 0.545. The van der Waals surface area contributed by atoms with Crippen molar-refractivity contribution in [3.05, 3.63) is 30.1 Å². The van der Waals surface area contributed by atoms with E-state index in [4.69, 9.17) is 0 Å². The first-order chi connectivity index (χ1) is 6.38. The molecule has 1 aromatic heterocycles. The van der Waals surface area contributed by atoms with Gasteiger partial charge in [-0.3, -0.25) is 5.10 Å². The molecule has 0 aliphatic carbocycles. The molecule has 0 saturated carbocycles. The molecule has 0 amide bonds. The van der Waals surface area contributed by atoms with E-state index >= 15 is 0 Å². The maximum atomic E-state index is 4.05. The van der Waals surface area contributed by atoms with Crippen LogP contribution in [0.4, 0.5) is 0 Å². The molecule has 2 heteroatoms. The van der Waals surface area contributed by atoms with E-state index in [1.54, 1.807) is 0 Å². The molecule has 72 valence electrons. The molecule has 1 aromatic rings. The molecule has 13 heavy (non-hydrogen) atoms. The molecule has 0 bridgehead atoms. The summed E-state index contributed by atoms with van der Waals surface area (Å²) < 4.78 is 0. The Morgan fingerprint density at radius 1 is 1.54 bits per heavy atom. The van der Waals surface area contributed by atoms with Gasteiger partial charge in [-0.1, -0.05) is 25.8 Å². The Balaban J connectivity index is 2.44. The molecule has 0 fully saturated rings. The fourth-order valence-electron chi connectivity index (χ4n) is 1.44. The average Bonchev–Trinajstić information content (AvgIpc) is 2.54. The Hall–Kier alpha value is -1.05. The van der Waals surface area contributed by atoms with E-state index in [1.165, 1.54) is 30.5 Å². The second kappa shape index (κ2) is 5.57. The summed E-state index contributed by atoms with van der Waals surface area (Å²) in [6.07, 6.45) is 9.70. The van der Waals surface area contributed by atoms with Gasteiger partial charge in [0.15, 0.2) is 0 Å². The Morgan fingerprint density at radius 2 is 2.38 bits per heavy atom. The smallest absolute Gasteiger partial charge is 0.0525 e. The van der Waals surface area contributed by atoms with Crippen LogP contribution in [0.15, 0.2) is 18.9 Å². The maximum absolute atomic E-state index is 4.05. The van der Waals surface area contributed by atoms with E-state index in [1.807, 2.05) is 12.3 Å². The monoisotopic (exact) mass is 178 g/mol. The molecule has 0 radical (unpaired) electrons. The Morgan fingerprint density at radius 3 is 3.08 bits per heavy atom. The predicted octanol–water partition coefficient (Wildman–Crippen LogP) is 2.87. The van der Waals surface area contributed by atoms with Gasteiger partial charge in [0.1, 0.15) is 0 Å². The number of unbranched alkanes of at least 4 members (excludes halogenated alkanes) is 2. The number of hydrogen-bond donors (Lipinski definition) is 1. The Kier molecular flexibility index (Phi) is 4.30. The van der Waals surface area contributed by atoms with E-state index in [-0.39, 0.29) is 0 Å². The number of aryl methyl sites for hydroxylation is 1. The molecule has 1 N–H and O–H groups in total. The normalized spacial score (nSPS) is 10.2. The lowest BCUT2D eigenvalue weighted by Gasteiger charge is -1.99. The van der Waals surface area contributed by atoms with Crippen molar-refractivity contribution in [3.63, 3.8) is 0 Å². The van der Waals surface area contributed by atoms with Crippen molar-refractivity contribution in [2.75, 3.05) is 0 Å². The molecule has 0 aliphatic heterocycles. The highest BCUT2D eigenvalue weighted by molar-refractivity contribution is 5.18. The van der Waals surface area contributed by atoms with Crippen molar-refractivity contribution >= 4 is 0 Å². The molecule has 1 rings (SSSR count). The van der Waals surface area contributed by atoms with Gasteiger partial charge in [-0.15, -0.1) is 6.58 Å². The third-order valence-electron chi connectivity index (χ3n) is 2.20. The van der Waals surface area contributed by atoms with Crippen molar-refractivity contribution in [1.82, 2.24) is 10.2 Å². The minimum absolute atomic E-state index is 0.929. The molecule has 0 spiro atoms. The van der Waals surface area contributed by atoms with Crippen LogP contribution in [0.25, 0.3) is 0 Å². The summed E-state index contributed by atoms with van der Waals surface area (Å²) >= 11 is 0. The summed E-state index contributed by atoms with van der Waals surface area (Å²) in [5.74, 6) is 0. The lowest BCUT2D eigenvalue weighted by atomic mass is 10.1. The molecule has 0 aliphatic rings. The number of aromatic nitrogens is 2. The van der Waals surface area contributed by atoms with Gasteiger partial charge in [0.2, 0.25) is 0 Å². The van der Waals surface area contributed by atoms with Gasteiger partial charge in [-0.05, 0) is 24.8 Å². The molecule has 0 atom stereocenters. The topological polar surface area (TPSA) is 28.7 Å². The van der Waals surface area contributed by atoms with E-state index in [9.17, 15) is 0 Å². The van der Waals surface area contributed by atoms with Crippen LogP contribution in [-0.4, -0.2) is 10.2 Å². The number of hydrogen-bond acceptors (Lipinski definition) is 1. The van der Waals surface area contributed by atoms with Crippen LogP contribution < -0.4 is 0 Å². The first-order valence-corrected chi connectivity index (χ1v) is 5.00. The van der Waals surface area contributed by atoms with Crippen LogP contribution >= 0.6 is 0 Å². The third-order valence-corrected chi connectivity index (χ3v) is 2.20. The predicted molar refractivity (Wildman–Crippen MR) is 55.7 cm³/mol. The van der Waals surface area contributed by atoms with Gasteiger partial charge in [-0.2, -0.15) is 5.10 Å². The van der Waals surface area contributed by atoms with Gasteiger partial charge in [0.25, 0.3) is 0 Å². The zero-order valence-electron chi connectivity index (χ0n) is 8.34. The molecule has 0 unspecified atom stereocenters. The molecule has 2 nitrogen and oxygen atoms in total. The highest BCUT2D eigenvalue weighted by Gasteiger charge is 2.01. The van der Waals surface area contributed by atoms with E-state index < -0.39 is 0 Å². The van der Waals surface area contributed by atoms with Crippen molar-refractivity contribution in [1.29, 1.82) is 0 Å². The van der Waals surface area contributed by atoms with E-state index in [0.29, 0.717) is 0 Å². The quantitative estimate of drug-likeness (QED) is 0.526. The minimum atomic E-state index is 0.929. The van der Waals surface area contributed by atoms with Crippen LogP contribution in [-0.2, 0) is 12.8 Å². The van der Waals surface area contributed by atoms with Crippen LogP contribution in [0.1, 0.15) is 37.4 Å². The molecule has 0 aromatic carbocycles. The summed E-state index contributed by atoms with van der Waals surface area (Å²) in [6.45, 7) is 5.95. The van der Waals surface area contributed by atoms with Crippen molar-refractivity contribution in [2.24, 2.45) is 0 Å². The van der Waals surface area contributed by atoms with E-state index in [0.717, 1.165) is 12.8 Å². The third kappa shape index (κ3) is 3.05. The number of aromatic amines is 1. The summed E-state index contributed by atoms with van der Waals surface area (Å²) in [5, 5.41) is 7.10. The number of allylic oxidation sites excluding steroid dienone is 1. The van der Waals surface area contributed by atoms with Crippen molar-refractivity contribution in [3.8, 4) is 0 Å². The van der Waals surface area contributed by atoms with E-state index in [2.05, 4.69) is 23.7 Å². The molecule has 0 saturated heterocycles. The van der Waals surface area contributed by atoms with Crippen LogP contribution in [0.5, 0.6) is 0 Å². The fourth-order valence-corrected chi connectivity index (χ4v) is 1.44. The Bertz CT molecular complexity index is 250. The lowest BCUT2D eigenvalue weighted by Crippen LogP contribution is -1.91. The Labute approximate surface area is 80.1 Å². The highest BCUT2D eigenvalue weighted by Crippen LogP contribution is 2.10. The molecule has 1 heterocycles. The summed E-state index contributed by atoms with van der Waals surface area (Å²) in [5.41, 5.74) is 2.58. The lowest BCUT2D eigenvalue weighted by molar-refractivity contribution is 0.702. The maximum Gasteiger partial charge on any atom is 0.0525 e. The summed E-state index contributed by atoms with van der Waals surface area (Å²) in [4.78, 5) is 0. The zero-order valence-corrected chi connectivity index (χ0v) is 8.34. The number of rotatable bonds is 6. The van der Waals surface area contributed by atoms with Gasteiger partial charge < -0.3 is 0 Å². The standard InChI is InChI=1S/C11H18N2/c1-3-5-6-8-11-10(7-4-2)9-12-13-11/h4,9H,2-3,5-8H2,1H3,(H,12,13). The summed E-state index contributed by atoms with van der Waals surface area (Å²) in [7, 11) is 0. The largest absolute Gasteiger partial charge is 0.282 e. The number of H-pyrrole nitrogens is 1. The molecular formula is C11H18N2. The average molecular weight is 178 g/mol. The summed E-state index contributed by atoms with van der Waals surface area (Å²) in [6, 6.07) is 0. The van der Waals surface area contributed by atoms with Gasteiger partial charge in [-0.25, -0.2) is 0 Å². The van der Waals surface area contributed by atoms with Crippen LogP contribution in [0.2, 0.25) is 0 Å². The van der Waals surface area contributed by atoms with Crippen molar-refractivity contribution < 1.29 is 0 Å². The molecular weight excluding hydrogens is 160 g/mol. The zero-order chi connectivity index (χ0) is 9.52. The van der Waals surface area contributed by atoms with Crippen LogP contribution in [0, 0.1) is 0 Å². The number of nitrogens with one attached hydrogen (secondary N) is 1. The SMILES string of the molecule is C=CCc1cn[nH]c1CCCCC. The van der Waals surface area contributed by atoms with Crippen LogP contribution in [0.3, 0.4) is 0 Å². The second-order valence-corrected chi connectivity index (χ2v) is 3.32. The highest BCUT2D eigenvalue weighted by atomic mass is 15.1. The van der Waals surface area contributed by atoms with Crippen molar-refractivity contribution in [2.45, 2.75) is 39.0 Å². The van der Waals surface area contributed by atoms with Gasteiger partial charge in [0, 0.05) is 5.69 Å². The van der Waals surface area contributed by atoms with Gasteiger partial charge in [0.05, 0.1) is 6.20 Å². The first-order valence-electron chi connectivity index (χ1n) is 5.00. The van der Waals surface area contributed by atoms with Gasteiger partial charge >= 0.3 is 0 Å². The second-order valence-electron chi connectivity index (χ2n) is 3.32.